The average Bonchev–Trinajstić information content (AvgIpc) is 2.47. The summed E-state index contributed by atoms with van der Waals surface area (Å²) in [5, 5.41) is 0. The van der Waals surface area contributed by atoms with Gasteiger partial charge in [-0.3, -0.25) is 0 Å². The number of rotatable bonds is 1. The fourth-order valence-electron chi connectivity index (χ4n) is 1.41. The van der Waals surface area contributed by atoms with Crippen molar-refractivity contribution in [2.75, 3.05) is 6.79 Å². The fraction of sp³-hybridized carbons (Fsp3) is 0.400. The molecule has 1 aromatic carbocycles. The number of hydrogen-bond acceptors (Lipinski definition) is 3. The molecule has 0 saturated carbocycles. The van der Waals surface area contributed by atoms with Gasteiger partial charge in [-0.15, -0.1) is 0 Å². The molecule has 1 aliphatic rings. The highest BCUT2D eigenvalue weighted by atomic mass is 79.9. The lowest BCUT2D eigenvalue weighted by Crippen LogP contribution is -2.29. The molecule has 4 heteroatoms. The molecule has 2 rings (SSSR count). The van der Waals surface area contributed by atoms with Gasteiger partial charge in [0.05, 0.1) is 0 Å². The third kappa shape index (κ3) is 1.60. The van der Waals surface area contributed by atoms with E-state index in [1.807, 2.05) is 26.0 Å². The van der Waals surface area contributed by atoms with Crippen LogP contribution in [0.15, 0.2) is 16.6 Å². The van der Waals surface area contributed by atoms with E-state index in [1.54, 1.807) is 0 Å². The first-order chi connectivity index (χ1) is 6.48. The molecule has 3 nitrogen and oxygen atoms in total. The van der Waals surface area contributed by atoms with Gasteiger partial charge in [-0.1, -0.05) is 15.9 Å². The Morgan fingerprint density at radius 1 is 1.29 bits per heavy atom. The van der Waals surface area contributed by atoms with E-state index < -0.39 is 0 Å². The van der Waals surface area contributed by atoms with Crippen molar-refractivity contribution in [1.29, 1.82) is 0 Å². The zero-order valence-corrected chi connectivity index (χ0v) is 9.72. The van der Waals surface area contributed by atoms with Gasteiger partial charge in [0.1, 0.15) is 0 Å². The van der Waals surface area contributed by atoms with E-state index in [1.165, 1.54) is 0 Å². The van der Waals surface area contributed by atoms with Crippen LogP contribution in [-0.4, -0.2) is 6.79 Å². The minimum atomic E-state index is -0.389. The Hall–Kier alpha value is -0.740. The van der Waals surface area contributed by atoms with Crippen LogP contribution in [0.4, 0.5) is 0 Å². The predicted octanol–water partition coefficient (Wildman–Crippen LogP) is 2.37. The fourth-order valence-corrected chi connectivity index (χ4v) is 2.24. The van der Waals surface area contributed by atoms with Crippen molar-refractivity contribution in [1.82, 2.24) is 0 Å². The number of fused-ring (bicyclic) bond motifs is 1. The molecule has 0 bridgehead atoms. The number of benzene rings is 1. The Morgan fingerprint density at radius 2 is 1.86 bits per heavy atom. The van der Waals surface area contributed by atoms with Crippen LogP contribution in [0.5, 0.6) is 11.5 Å². The highest BCUT2D eigenvalue weighted by molar-refractivity contribution is 9.10. The second-order valence-electron chi connectivity index (χ2n) is 3.91. The minimum Gasteiger partial charge on any atom is -0.454 e. The Kier molecular flexibility index (Phi) is 2.20. The van der Waals surface area contributed by atoms with Crippen molar-refractivity contribution in [3.8, 4) is 11.5 Å². The molecule has 76 valence electrons. The third-order valence-corrected chi connectivity index (χ3v) is 2.81. The van der Waals surface area contributed by atoms with Crippen LogP contribution < -0.4 is 15.2 Å². The van der Waals surface area contributed by atoms with Crippen LogP contribution in [0.2, 0.25) is 0 Å². The Morgan fingerprint density at radius 3 is 2.43 bits per heavy atom. The molecule has 2 N–H and O–H groups in total. The summed E-state index contributed by atoms with van der Waals surface area (Å²) in [6.45, 7) is 4.20. The van der Waals surface area contributed by atoms with Crippen molar-refractivity contribution < 1.29 is 9.47 Å². The molecule has 1 aromatic rings. The lowest BCUT2D eigenvalue weighted by Gasteiger charge is -2.21. The van der Waals surface area contributed by atoms with Crippen molar-refractivity contribution in [3.05, 3.63) is 22.2 Å². The Balaban J connectivity index is 2.53. The van der Waals surface area contributed by atoms with Gasteiger partial charge in [-0.05, 0) is 31.5 Å². The topological polar surface area (TPSA) is 44.5 Å². The predicted molar refractivity (Wildman–Crippen MR) is 57.5 cm³/mol. The maximum absolute atomic E-state index is 6.03. The summed E-state index contributed by atoms with van der Waals surface area (Å²) in [4.78, 5) is 0. The number of ether oxygens (including phenoxy) is 2. The molecule has 0 atom stereocenters. The second kappa shape index (κ2) is 3.14. The standard InChI is InChI=1S/C10H12BrNO2/c1-10(2,12)6-3-8-9(4-7(6)11)14-5-13-8/h3-4H,5,12H2,1-2H3. The van der Waals surface area contributed by atoms with Gasteiger partial charge in [-0.2, -0.15) is 0 Å². The molecule has 0 spiro atoms. The van der Waals surface area contributed by atoms with Gasteiger partial charge in [0.15, 0.2) is 11.5 Å². The SMILES string of the molecule is CC(C)(N)c1cc2c(cc1Br)OCO2. The molecule has 1 heterocycles. The Bertz CT molecular complexity index is 371. The van der Waals surface area contributed by atoms with E-state index in [0.29, 0.717) is 0 Å². The molecule has 0 amide bonds. The summed E-state index contributed by atoms with van der Waals surface area (Å²) in [5.74, 6) is 1.53. The Labute approximate surface area is 91.3 Å². The lowest BCUT2D eigenvalue weighted by atomic mass is 9.95. The van der Waals surface area contributed by atoms with Crippen molar-refractivity contribution in [3.63, 3.8) is 0 Å². The highest BCUT2D eigenvalue weighted by Crippen LogP contribution is 2.39. The van der Waals surface area contributed by atoms with Gasteiger partial charge < -0.3 is 15.2 Å². The minimum absolute atomic E-state index is 0.288. The molecule has 0 fully saturated rings. The molecule has 1 aliphatic heterocycles. The van der Waals surface area contributed by atoms with E-state index >= 15 is 0 Å². The van der Waals surface area contributed by atoms with Gasteiger partial charge in [0.2, 0.25) is 6.79 Å². The van der Waals surface area contributed by atoms with Gasteiger partial charge in [0.25, 0.3) is 0 Å². The van der Waals surface area contributed by atoms with Gasteiger partial charge in [0, 0.05) is 10.0 Å². The molecular formula is C10H12BrNO2. The third-order valence-electron chi connectivity index (χ3n) is 2.16. The van der Waals surface area contributed by atoms with Crippen LogP contribution in [-0.2, 0) is 5.54 Å². The average molecular weight is 258 g/mol. The molecule has 0 aromatic heterocycles. The van der Waals surface area contributed by atoms with Crippen LogP contribution in [0.25, 0.3) is 0 Å². The van der Waals surface area contributed by atoms with Crippen LogP contribution in [0, 0.1) is 0 Å². The molecule has 0 unspecified atom stereocenters. The lowest BCUT2D eigenvalue weighted by molar-refractivity contribution is 0.174. The van der Waals surface area contributed by atoms with Crippen LogP contribution in [0.3, 0.4) is 0 Å². The smallest absolute Gasteiger partial charge is 0.231 e. The van der Waals surface area contributed by atoms with E-state index in [-0.39, 0.29) is 12.3 Å². The summed E-state index contributed by atoms with van der Waals surface area (Å²) in [7, 11) is 0. The van der Waals surface area contributed by atoms with E-state index in [9.17, 15) is 0 Å². The summed E-state index contributed by atoms with van der Waals surface area (Å²) in [5.41, 5.74) is 6.65. The first-order valence-corrected chi connectivity index (χ1v) is 5.16. The highest BCUT2D eigenvalue weighted by Gasteiger charge is 2.23. The normalized spacial score (nSPS) is 14.6. The summed E-state index contributed by atoms with van der Waals surface area (Å²) < 4.78 is 11.5. The second-order valence-corrected chi connectivity index (χ2v) is 4.76. The maximum atomic E-state index is 6.03. The molecule has 14 heavy (non-hydrogen) atoms. The van der Waals surface area contributed by atoms with Crippen molar-refractivity contribution in [2.45, 2.75) is 19.4 Å². The number of halogens is 1. The summed E-state index contributed by atoms with van der Waals surface area (Å²) >= 11 is 3.47. The first-order valence-electron chi connectivity index (χ1n) is 4.37. The molecule has 0 radical (unpaired) electrons. The molecule has 0 aliphatic carbocycles. The largest absolute Gasteiger partial charge is 0.454 e. The number of hydrogen-bond donors (Lipinski definition) is 1. The van der Waals surface area contributed by atoms with Crippen molar-refractivity contribution in [2.24, 2.45) is 5.73 Å². The van der Waals surface area contributed by atoms with E-state index in [4.69, 9.17) is 15.2 Å². The number of nitrogens with two attached hydrogens (primary N) is 1. The van der Waals surface area contributed by atoms with E-state index in [2.05, 4.69) is 15.9 Å². The molecular weight excluding hydrogens is 246 g/mol. The quantitative estimate of drug-likeness (QED) is 0.841. The maximum Gasteiger partial charge on any atom is 0.231 e. The zero-order chi connectivity index (χ0) is 10.3. The summed E-state index contributed by atoms with van der Waals surface area (Å²) in [6, 6.07) is 3.82. The van der Waals surface area contributed by atoms with Gasteiger partial charge >= 0.3 is 0 Å². The zero-order valence-electron chi connectivity index (χ0n) is 8.13. The van der Waals surface area contributed by atoms with Crippen LogP contribution >= 0.6 is 15.9 Å². The van der Waals surface area contributed by atoms with E-state index in [0.717, 1.165) is 21.5 Å². The molecule has 0 saturated heterocycles. The summed E-state index contributed by atoms with van der Waals surface area (Å²) in [6.07, 6.45) is 0. The monoisotopic (exact) mass is 257 g/mol. The van der Waals surface area contributed by atoms with Crippen LogP contribution in [0.1, 0.15) is 19.4 Å². The van der Waals surface area contributed by atoms with Crippen molar-refractivity contribution >= 4 is 15.9 Å². The van der Waals surface area contributed by atoms with Gasteiger partial charge in [-0.25, -0.2) is 0 Å². The first kappa shape index (κ1) is 9.80.